The third-order valence-electron chi connectivity index (χ3n) is 11.0. The summed E-state index contributed by atoms with van der Waals surface area (Å²) in [5, 5.41) is 2.59. The highest BCUT2D eigenvalue weighted by Crippen LogP contribution is 2.57. The first-order valence-electron chi connectivity index (χ1n) is 18.2. The van der Waals surface area contributed by atoms with Crippen molar-refractivity contribution in [2.75, 3.05) is 0 Å². The van der Waals surface area contributed by atoms with Crippen molar-refractivity contribution in [1.29, 1.82) is 0 Å². The predicted octanol–water partition coefficient (Wildman–Crippen LogP) is 12.4. The summed E-state index contributed by atoms with van der Waals surface area (Å²) >= 11 is 0. The molecule has 0 radical (unpaired) electrons. The maximum atomic E-state index is 7.08. The minimum Gasteiger partial charge on any atom is -0.484 e. The average molecular weight is 677 g/mol. The number of rotatable bonds is 5. The molecule has 3 aliphatic rings. The molecule has 2 aliphatic carbocycles. The van der Waals surface area contributed by atoms with Crippen LogP contribution in [0, 0.1) is 0 Å². The maximum Gasteiger partial charge on any atom is 0.160 e. The second kappa shape index (κ2) is 11.9. The van der Waals surface area contributed by atoms with E-state index in [2.05, 4.69) is 170 Å². The van der Waals surface area contributed by atoms with Gasteiger partial charge < -0.3 is 4.74 Å². The zero-order chi connectivity index (χ0) is 34.9. The number of aromatic nitrogens is 2. The van der Waals surface area contributed by atoms with Gasteiger partial charge in [-0.3, -0.25) is 0 Å². The van der Waals surface area contributed by atoms with E-state index in [4.69, 9.17) is 14.7 Å². The molecule has 7 aromatic carbocycles. The molecule has 2 unspecified atom stereocenters. The molecule has 3 nitrogen and oxygen atoms in total. The molecular weight excluding hydrogens is 645 g/mol. The predicted molar refractivity (Wildman–Crippen MR) is 216 cm³/mol. The van der Waals surface area contributed by atoms with Crippen molar-refractivity contribution in [2.45, 2.75) is 12.0 Å². The number of nitrogens with zero attached hydrogens (tertiary/aromatic N) is 2. The van der Waals surface area contributed by atoms with Gasteiger partial charge in [-0.1, -0.05) is 164 Å². The van der Waals surface area contributed by atoms with Crippen molar-refractivity contribution in [1.82, 2.24) is 9.97 Å². The molecule has 0 saturated heterocycles. The molecule has 0 amide bonds. The Morgan fingerprint density at radius 1 is 0.472 bits per heavy atom. The fourth-order valence-electron chi connectivity index (χ4n) is 8.52. The molecule has 2 atom stereocenters. The third-order valence-corrected chi connectivity index (χ3v) is 11.0. The van der Waals surface area contributed by atoms with Gasteiger partial charge in [0.05, 0.1) is 11.4 Å². The summed E-state index contributed by atoms with van der Waals surface area (Å²) in [7, 11) is 0. The van der Waals surface area contributed by atoms with Gasteiger partial charge in [-0.15, -0.1) is 0 Å². The topological polar surface area (TPSA) is 35.0 Å². The van der Waals surface area contributed by atoms with Crippen LogP contribution in [0.2, 0.25) is 0 Å². The van der Waals surface area contributed by atoms with Gasteiger partial charge in [0.1, 0.15) is 11.9 Å². The molecule has 0 N–H and O–H groups in total. The van der Waals surface area contributed by atoms with Crippen molar-refractivity contribution in [3.63, 3.8) is 0 Å². The molecule has 2 heterocycles. The highest BCUT2D eigenvalue weighted by atomic mass is 16.5. The van der Waals surface area contributed by atoms with Crippen LogP contribution in [0.15, 0.2) is 182 Å². The summed E-state index contributed by atoms with van der Waals surface area (Å²) in [6.45, 7) is 0. The summed E-state index contributed by atoms with van der Waals surface area (Å²) in [6, 6.07) is 58.0. The van der Waals surface area contributed by atoms with Crippen molar-refractivity contribution in [3.05, 3.63) is 193 Å². The highest BCUT2D eigenvalue weighted by molar-refractivity contribution is 6.16. The number of ether oxygens (including phenoxy) is 1. The molecule has 1 aromatic heterocycles. The number of hydrogen-bond acceptors (Lipinski definition) is 3. The first-order chi connectivity index (χ1) is 26.3. The number of hydrogen-bond donors (Lipinski definition) is 0. The van der Waals surface area contributed by atoms with Gasteiger partial charge in [-0.2, -0.15) is 0 Å². The van der Waals surface area contributed by atoms with Crippen LogP contribution in [0.25, 0.3) is 83.6 Å². The summed E-state index contributed by atoms with van der Waals surface area (Å²) < 4.78 is 7.08. The van der Waals surface area contributed by atoms with Crippen LogP contribution in [0.1, 0.15) is 17.0 Å². The van der Waals surface area contributed by atoms with Crippen LogP contribution in [0.5, 0.6) is 5.75 Å². The first-order valence-corrected chi connectivity index (χ1v) is 18.2. The third kappa shape index (κ3) is 4.82. The van der Waals surface area contributed by atoms with Gasteiger partial charge in [0.25, 0.3) is 0 Å². The van der Waals surface area contributed by atoms with Crippen LogP contribution >= 0.6 is 0 Å². The van der Waals surface area contributed by atoms with Gasteiger partial charge in [0.15, 0.2) is 5.82 Å². The van der Waals surface area contributed by atoms with Gasteiger partial charge in [0.2, 0.25) is 0 Å². The Morgan fingerprint density at radius 3 is 1.92 bits per heavy atom. The van der Waals surface area contributed by atoms with E-state index in [1.165, 1.54) is 44.2 Å². The molecule has 0 saturated carbocycles. The first kappa shape index (κ1) is 29.8. The number of benzene rings is 7. The van der Waals surface area contributed by atoms with E-state index in [0.29, 0.717) is 5.82 Å². The fourth-order valence-corrected chi connectivity index (χ4v) is 8.52. The maximum absolute atomic E-state index is 7.08. The minimum absolute atomic E-state index is 0.128. The van der Waals surface area contributed by atoms with E-state index in [1.807, 2.05) is 12.1 Å². The van der Waals surface area contributed by atoms with Gasteiger partial charge in [0, 0.05) is 39.3 Å². The Balaban J connectivity index is 0.988. The molecule has 53 heavy (non-hydrogen) atoms. The molecule has 8 aromatic rings. The summed E-state index contributed by atoms with van der Waals surface area (Å²) in [5.41, 5.74) is 15.7. The van der Waals surface area contributed by atoms with E-state index in [1.54, 1.807) is 0 Å². The van der Waals surface area contributed by atoms with Gasteiger partial charge in [-0.25, -0.2) is 9.97 Å². The molecule has 0 bridgehead atoms. The summed E-state index contributed by atoms with van der Waals surface area (Å²) in [6.07, 6.45) is 6.56. The lowest BCUT2D eigenvalue weighted by molar-refractivity contribution is 0.279. The molecule has 11 rings (SSSR count). The van der Waals surface area contributed by atoms with Crippen molar-refractivity contribution < 1.29 is 4.74 Å². The number of allylic oxidation sites excluding steroid dienone is 2. The molecular formula is C50H32N2O. The molecule has 1 aliphatic heterocycles. The Labute approximate surface area is 308 Å². The summed E-state index contributed by atoms with van der Waals surface area (Å²) in [5.74, 6) is 1.83. The van der Waals surface area contributed by atoms with E-state index >= 15 is 0 Å². The van der Waals surface area contributed by atoms with E-state index < -0.39 is 0 Å². The monoisotopic (exact) mass is 676 g/mol. The Bertz CT molecular complexity index is 2810. The van der Waals surface area contributed by atoms with E-state index in [0.717, 1.165) is 50.5 Å². The van der Waals surface area contributed by atoms with E-state index in [9.17, 15) is 0 Å². The normalized spacial score (nSPS) is 16.1. The Kier molecular flexibility index (Phi) is 6.68. The zero-order valence-corrected chi connectivity index (χ0v) is 28.8. The lowest BCUT2D eigenvalue weighted by Crippen LogP contribution is -2.21. The van der Waals surface area contributed by atoms with Crippen LogP contribution in [-0.4, -0.2) is 16.1 Å². The minimum atomic E-state index is -0.132. The summed E-state index contributed by atoms with van der Waals surface area (Å²) in [4.78, 5) is 10.4. The SMILES string of the molecule is C1=CC2c3ccc4c(c3OC2C(c2cccc(-c3nc(-c5ccccc5)cc(-c5cccc(-c6ccccc6)c5)n3)c2)=C1)-c1cccc2cccc-4c12. The average Bonchev–Trinajstić information content (AvgIpc) is 3.78. The fraction of sp³-hybridized carbons (Fsp3) is 0.0400. The molecule has 0 fully saturated rings. The van der Waals surface area contributed by atoms with E-state index in [-0.39, 0.29) is 12.0 Å². The van der Waals surface area contributed by atoms with Gasteiger partial charge >= 0.3 is 0 Å². The molecule has 0 spiro atoms. The van der Waals surface area contributed by atoms with Crippen LogP contribution < -0.4 is 4.74 Å². The lowest BCUT2D eigenvalue weighted by atomic mass is 9.83. The van der Waals surface area contributed by atoms with Crippen LogP contribution in [0.3, 0.4) is 0 Å². The zero-order valence-electron chi connectivity index (χ0n) is 28.8. The van der Waals surface area contributed by atoms with Crippen LogP contribution in [-0.2, 0) is 0 Å². The van der Waals surface area contributed by atoms with Crippen molar-refractivity contribution >= 4 is 16.3 Å². The molecule has 248 valence electrons. The second-order valence-electron chi connectivity index (χ2n) is 14.0. The lowest BCUT2D eigenvalue weighted by Gasteiger charge is -2.23. The van der Waals surface area contributed by atoms with Crippen LogP contribution in [0.4, 0.5) is 0 Å². The molecule has 3 heteroatoms. The standard InChI is InChI=1S/C50H32N2O/c1-3-12-31(13-4-1)34-18-7-20-36(28-34)45-30-44(32-14-5-2-6-15-32)51-50(52-45)37-21-8-19-35(29-37)38-22-11-24-41-42-27-26-40-39-23-9-16-33-17-10-25-43(46(33)39)47(40)49(42)53-48(38)41/h1-30,41,48H. The largest absolute Gasteiger partial charge is 0.484 e. The number of fused-ring (bicyclic) bond motifs is 7. The van der Waals surface area contributed by atoms with Crippen molar-refractivity contribution in [2.24, 2.45) is 0 Å². The Morgan fingerprint density at radius 2 is 1.11 bits per heavy atom. The smallest absolute Gasteiger partial charge is 0.160 e. The van der Waals surface area contributed by atoms with Gasteiger partial charge in [-0.05, 0) is 62.4 Å². The Hall–Kier alpha value is -6.84. The second-order valence-corrected chi connectivity index (χ2v) is 14.0. The van der Waals surface area contributed by atoms with Crippen molar-refractivity contribution in [3.8, 4) is 73.0 Å². The highest BCUT2D eigenvalue weighted by Gasteiger charge is 2.40. The quantitative estimate of drug-likeness (QED) is 0.182.